The number of rotatable bonds is 10. The predicted molar refractivity (Wildman–Crippen MR) is 131 cm³/mol. The van der Waals surface area contributed by atoms with E-state index in [4.69, 9.17) is 9.84 Å². The summed E-state index contributed by atoms with van der Waals surface area (Å²) in [5, 5.41) is 14.5. The van der Waals surface area contributed by atoms with Crippen molar-refractivity contribution >= 4 is 18.0 Å². The molecule has 1 aliphatic rings. The van der Waals surface area contributed by atoms with Gasteiger partial charge in [-0.1, -0.05) is 62.4 Å². The van der Waals surface area contributed by atoms with Crippen LogP contribution in [0.15, 0.2) is 48.5 Å². The van der Waals surface area contributed by atoms with Crippen molar-refractivity contribution in [3.8, 4) is 11.1 Å². The van der Waals surface area contributed by atoms with Gasteiger partial charge in [0, 0.05) is 17.9 Å². The van der Waals surface area contributed by atoms with Gasteiger partial charge in [0.1, 0.15) is 12.6 Å². The molecule has 2 aromatic carbocycles. The Hall–Kier alpha value is -3.35. The van der Waals surface area contributed by atoms with Gasteiger partial charge in [0.15, 0.2) is 0 Å². The van der Waals surface area contributed by atoms with Crippen LogP contribution in [0.5, 0.6) is 0 Å². The first-order valence-corrected chi connectivity index (χ1v) is 11.7. The SMILES string of the molecule is CC(C)C[C@H](NC(=O)OCC1c2ccccc2-c2ccccc21)C(=O)NC(C)(C)CCC(=O)O. The minimum absolute atomic E-state index is 0.0536. The average molecular weight is 467 g/mol. The average Bonchev–Trinajstić information content (AvgIpc) is 3.09. The second-order valence-electron chi connectivity index (χ2n) is 9.92. The van der Waals surface area contributed by atoms with Crippen molar-refractivity contribution in [3.63, 3.8) is 0 Å². The molecule has 0 aromatic heterocycles. The Kier molecular flexibility index (Phi) is 7.97. The zero-order chi connectivity index (χ0) is 24.9. The van der Waals surface area contributed by atoms with Crippen molar-refractivity contribution in [2.45, 2.75) is 64.5 Å². The van der Waals surface area contributed by atoms with Gasteiger partial charge in [-0.25, -0.2) is 4.79 Å². The molecule has 34 heavy (non-hydrogen) atoms. The molecule has 0 heterocycles. The maximum atomic E-state index is 12.9. The quantitative estimate of drug-likeness (QED) is 0.471. The number of ether oxygens (including phenoxy) is 1. The Labute approximate surface area is 200 Å². The highest BCUT2D eigenvalue weighted by Crippen LogP contribution is 2.44. The number of carboxylic acids is 1. The van der Waals surface area contributed by atoms with E-state index in [9.17, 15) is 14.4 Å². The summed E-state index contributed by atoms with van der Waals surface area (Å²) in [4.78, 5) is 36.5. The molecule has 7 nitrogen and oxygen atoms in total. The van der Waals surface area contributed by atoms with Crippen molar-refractivity contribution < 1.29 is 24.2 Å². The van der Waals surface area contributed by atoms with Gasteiger partial charge in [-0.05, 0) is 54.9 Å². The molecular formula is C27H34N2O5. The van der Waals surface area contributed by atoms with E-state index in [1.807, 2.05) is 38.1 Å². The summed E-state index contributed by atoms with van der Waals surface area (Å²) in [6, 6.07) is 15.4. The van der Waals surface area contributed by atoms with Crippen LogP contribution in [0.2, 0.25) is 0 Å². The van der Waals surface area contributed by atoms with Crippen molar-refractivity contribution in [2.75, 3.05) is 6.61 Å². The van der Waals surface area contributed by atoms with E-state index in [1.165, 1.54) is 0 Å². The van der Waals surface area contributed by atoms with Crippen LogP contribution in [-0.2, 0) is 14.3 Å². The Bertz CT molecular complexity index is 1000. The van der Waals surface area contributed by atoms with Gasteiger partial charge in [0.2, 0.25) is 5.91 Å². The zero-order valence-corrected chi connectivity index (χ0v) is 20.3. The van der Waals surface area contributed by atoms with Crippen LogP contribution in [0, 0.1) is 5.92 Å². The number of alkyl carbamates (subject to hydrolysis) is 1. The van der Waals surface area contributed by atoms with Gasteiger partial charge in [-0.15, -0.1) is 0 Å². The highest BCUT2D eigenvalue weighted by molar-refractivity contribution is 5.86. The smallest absolute Gasteiger partial charge is 0.407 e. The summed E-state index contributed by atoms with van der Waals surface area (Å²) >= 11 is 0. The lowest BCUT2D eigenvalue weighted by Crippen LogP contribution is -2.53. The van der Waals surface area contributed by atoms with E-state index < -0.39 is 23.6 Å². The van der Waals surface area contributed by atoms with E-state index in [2.05, 4.69) is 34.9 Å². The molecule has 3 N–H and O–H groups in total. The number of carbonyl (C=O) groups excluding carboxylic acids is 2. The summed E-state index contributed by atoms with van der Waals surface area (Å²) in [6.45, 7) is 7.64. The zero-order valence-electron chi connectivity index (χ0n) is 20.3. The lowest BCUT2D eigenvalue weighted by atomic mass is 9.96. The first-order chi connectivity index (χ1) is 16.1. The number of nitrogens with one attached hydrogen (secondary N) is 2. The van der Waals surface area contributed by atoms with Crippen molar-refractivity contribution in [1.29, 1.82) is 0 Å². The summed E-state index contributed by atoms with van der Waals surface area (Å²) in [7, 11) is 0. The number of fused-ring (bicyclic) bond motifs is 3. The molecule has 7 heteroatoms. The van der Waals surface area contributed by atoms with Gasteiger partial charge in [-0.3, -0.25) is 9.59 Å². The molecule has 0 saturated heterocycles. The fourth-order valence-electron chi connectivity index (χ4n) is 4.39. The molecule has 1 aliphatic carbocycles. The molecule has 0 spiro atoms. The number of aliphatic carboxylic acids is 1. The molecular weight excluding hydrogens is 432 g/mol. The topological polar surface area (TPSA) is 105 Å². The van der Waals surface area contributed by atoms with Gasteiger partial charge >= 0.3 is 12.1 Å². The Balaban J connectivity index is 1.64. The number of amides is 2. The van der Waals surface area contributed by atoms with Crippen molar-refractivity contribution in [3.05, 3.63) is 59.7 Å². The predicted octanol–water partition coefficient (Wildman–Crippen LogP) is 4.70. The highest BCUT2D eigenvalue weighted by atomic mass is 16.5. The van der Waals surface area contributed by atoms with E-state index >= 15 is 0 Å². The lowest BCUT2D eigenvalue weighted by Gasteiger charge is -2.29. The van der Waals surface area contributed by atoms with Crippen molar-refractivity contribution in [2.24, 2.45) is 5.92 Å². The standard InChI is InChI=1S/C27H34N2O5/c1-17(2)15-23(25(32)29-27(3,4)14-13-24(30)31)28-26(33)34-16-22-20-11-7-5-9-18(20)19-10-6-8-12-21(19)22/h5-12,17,22-23H,13-16H2,1-4H3,(H,28,33)(H,29,32)(H,30,31)/t23-/m0/s1. The molecule has 0 saturated carbocycles. The van der Waals surface area contributed by atoms with Crippen LogP contribution in [0.25, 0.3) is 11.1 Å². The summed E-state index contributed by atoms with van der Waals surface area (Å²) in [6.07, 6.45) is 0.0198. The molecule has 0 unspecified atom stereocenters. The third-order valence-corrected chi connectivity index (χ3v) is 6.08. The molecule has 0 fully saturated rings. The molecule has 3 rings (SSSR count). The minimum Gasteiger partial charge on any atom is -0.481 e. The van der Waals surface area contributed by atoms with Gasteiger partial charge < -0.3 is 20.5 Å². The Morgan fingerprint density at radius 3 is 2.09 bits per heavy atom. The maximum Gasteiger partial charge on any atom is 0.407 e. The number of carbonyl (C=O) groups is 3. The maximum absolute atomic E-state index is 12.9. The third kappa shape index (κ3) is 6.37. The van der Waals surface area contributed by atoms with E-state index in [0.717, 1.165) is 22.3 Å². The largest absolute Gasteiger partial charge is 0.481 e. The molecule has 0 aliphatic heterocycles. The van der Waals surface area contributed by atoms with Gasteiger partial charge in [0.25, 0.3) is 0 Å². The van der Waals surface area contributed by atoms with Crippen LogP contribution in [0.1, 0.15) is 64.0 Å². The minimum atomic E-state index is -0.919. The van der Waals surface area contributed by atoms with Crippen LogP contribution in [0.3, 0.4) is 0 Å². The number of carboxylic acid groups (broad SMARTS) is 1. The van der Waals surface area contributed by atoms with E-state index in [0.29, 0.717) is 6.42 Å². The van der Waals surface area contributed by atoms with Crippen LogP contribution in [0.4, 0.5) is 4.79 Å². The lowest BCUT2D eigenvalue weighted by molar-refractivity contribution is -0.138. The van der Waals surface area contributed by atoms with E-state index in [1.54, 1.807) is 13.8 Å². The molecule has 1 atom stereocenters. The number of hydrogen-bond acceptors (Lipinski definition) is 4. The van der Waals surface area contributed by atoms with Gasteiger partial charge in [0.05, 0.1) is 0 Å². The van der Waals surface area contributed by atoms with Crippen molar-refractivity contribution in [1.82, 2.24) is 10.6 Å². The molecule has 182 valence electrons. The second-order valence-corrected chi connectivity index (χ2v) is 9.92. The highest BCUT2D eigenvalue weighted by Gasteiger charge is 2.31. The first kappa shape index (κ1) is 25.3. The fraction of sp³-hybridized carbons (Fsp3) is 0.444. The van der Waals surface area contributed by atoms with E-state index in [-0.39, 0.29) is 37.2 Å². The van der Waals surface area contributed by atoms with Crippen LogP contribution >= 0.6 is 0 Å². The second kappa shape index (κ2) is 10.7. The fourth-order valence-corrected chi connectivity index (χ4v) is 4.39. The Morgan fingerprint density at radius 2 is 1.56 bits per heavy atom. The summed E-state index contributed by atoms with van der Waals surface area (Å²) < 4.78 is 5.60. The monoisotopic (exact) mass is 466 g/mol. The third-order valence-electron chi connectivity index (χ3n) is 6.08. The molecule has 2 aromatic rings. The summed E-state index contributed by atoms with van der Waals surface area (Å²) in [5.41, 5.74) is 3.81. The number of benzene rings is 2. The van der Waals surface area contributed by atoms with Gasteiger partial charge in [-0.2, -0.15) is 0 Å². The Morgan fingerprint density at radius 1 is 1.00 bits per heavy atom. The molecule has 0 bridgehead atoms. The van der Waals surface area contributed by atoms with Crippen LogP contribution in [-0.4, -0.2) is 41.3 Å². The van der Waals surface area contributed by atoms with Crippen LogP contribution < -0.4 is 10.6 Å². The molecule has 2 amide bonds. The first-order valence-electron chi connectivity index (χ1n) is 11.7. The molecule has 0 radical (unpaired) electrons. The summed E-state index contributed by atoms with van der Waals surface area (Å²) in [5.74, 6) is -1.17. The normalized spacial score (nSPS) is 13.7. The number of hydrogen-bond donors (Lipinski definition) is 3.